The molecule has 3 aromatic rings. The molecule has 3 rings (SSSR count). The van der Waals surface area contributed by atoms with E-state index in [0.717, 1.165) is 5.76 Å². The molecule has 0 saturated heterocycles. The number of aliphatic hydroxyl groups is 1. The summed E-state index contributed by atoms with van der Waals surface area (Å²) >= 11 is 0. The zero-order chi connectivity index (χ0) is 18.7. The van der Waals surface area contributed by atoms with Crippen molar-refractivity contribution in [3.63, 3.8) is 0 Å². The number of carbonyl (C=O) groups is 1. The Kier molecular flexibility index (Phi) is 5.13. The van der Waals surface area contributed by atoms with Crippen LogP contribution in [-0.4, -0.2) is 55.4 Å². The number of rotatable bonds is 6. The Hall–Kier alpha value is -3.00. The predicted octanol–water partition coefficient (Wildman–Crippen LogP) is 1.99. The molecule has 1 N–H and O–H groups in total. The number of aryl methyl sites for hydroxylation is 1. The van der Waals surface area contributed by atoms with E-state index in [0.29, 0.717) is 35.2 Å². The molecule has 0 saturated carbocycles. The molecule has 0 aliphatic rings. The zero-order valence-corrected chi connectivity index (χ0v) is 15.0. The van der Waals surface area contributed by atoms with Crippen LogP contribution < -0.4 is 0 Å². The zero-order valence-electron chi connectivity index (χ0n) is 15.0. The summed E-state index contributed by atoms with van der Waals surface area (Å²) in [6.07, 6.45) is 3.13. The molecule has 0 aliphatic heterocycles. The first-order chi connectivity index (χ1) is 12.5. The molecule has 26 heavy (non-hydrogen) atoms. The van der Waals surface area contributed by atoms with Gasteiger partial charge in [-0.05, 0) is 39.0 Å². The van der Waals surface area contributed by atoms with Crippen molar-refractivity contribution in [2.24, 2.45) is 0 Å². The Morgan fingerprint density at radius 2 is 2.12 bits per heavy atom. The lowest BCUT2D eigenvalue weighted by atomic mass is 10.2. The smallest absolute Gasteiger partial charge is 0.257 e. The molecular weight excluding hydrogens is 334 g/mol. The number of hydrogen-bond donors (Lipinski definition) is 1. The summed E-state index contributed by atoms with van der Waals surface area (Å²) in [5.74, 6) is 1.63. The first-order valence-electron chi connectivity index (χ1n) is 8.40. The number of hydrogen-bond acceptors (Lipinski definition) is 6. The van der Waals surface area contributed by atoms with Crippen molar-refractivity contribution in [3.8, 4) is 17.4 Å². The van der Waals surface area contributed by atoms with Gasteiger partial charge in [0.1, 0.15) is 11.5 Å². The Morgan fingerprint density at radius 1 is 1.31 bits per heavy atom. The van der Waals surface area contributed by atoms with Gasteiger partial charge in [0.2, 0.25) is 0 Å². The van der Waals surface area contributed by atoms with Crippen LogP contribution in [0.15, 0.2) is 35.0 Å². The standard InChI is InChI=1S/C18H21N5O3/c1-4-22(9-10-24)17(25)14-11-20-23(13(14)3)18-19-8-7-15(21-18)16-6-5-12(2)26-16/h5-8,11,24H,4,9-10H2,1-3H3. The quantitative estimate of drug-likeness (QED) is 0.726. The molecule has 0 radical (unpaired) electrons. The van der Waals surface area contributed by atoms with E-state index in [1.54, 1.807) is 24.1 Å². The third-order valence-electron chi connectivity index (χ3n) is 4.10. The van der Waals surface area contributed by atoms with Crippen LogP contribution in [0, 0.1) is 13.8 Å². The number of furan rings is 1. The molecule has 0 aliphatic carbocycles. The molecule has 1 amide bonds. The van der Waals surface area contributed by atoms with Gasteiger partial charge in [0.25, 0.3) is 11.9 Å². The average Bonchev–Trinajstić information content (AvgIpc) is 3.25. The highest BCUT2D eigenvalue weighted by Crippen LogP contribution is 2.21. The fourth-order valence-electron chi connectivity index (χ4n) is 2.68. The highest BCUT2D eigenvalue weighted by Gasteiger charge is 2.21. The van der Waals surface area contributed by atoms with Gasteiger partial charge in [-0.3, -0.25) is 4.79 Å². The summed E-state index contributed by atoms with van der Waals surface area (Å²) in [5, 5.41) is 13.4. The molecule has 0 bridgehead atoms. The minimum absolute atomic E-state index is 0.0829. The molecule has 0 unspecified atom stereocenters. The van der Waals surface area contributed by atoms with Gasteiger partial charge >= 0.3 is 0 Å². The molecule has 8 heteroatoms. The minimum atomic E-state index is -0.178. The first kappa shape index (κ1) is 17.8. The van der Waals surface area contributed by atoms with Crippen LogP contribution in [-0.2, 0) is 0 Å². The summed E-state index contributed by atoms with van der Waals surface area (Å²) in [5.41, 5.74) is 1.74. The van der Waals surface area contributed by atoms with E-state index in [4.69, 9.17) is 9.52 Å². The summed E-state index contributed by atoms with van der Waals surface area (Å²) in [6, 6.07) is 5.47. The third kappa shape index (κ3) is 3.36. The van der Waals surface area contributed by atoms with Gasteiger partial charge in [-0.15, -0.1) is 0 Å². The number of amides is 1. The van der Waals surface area contributed by atoms with E-state index in [9.17, 15) is 4.79 Å². The fraction of sp³-hybridized carbons (Fsp3) is 0.333. The maximum atomic E-state index is 12.6. The topological polar surface area (TPSA) is 97.3 Å². The van der Waals surface area contributed by atoms with Crippen LogP contribution in [0.1, 0.15) is 28.7 Å². The van der Waals surface area contributed by atoms with E-state index >= 15 is 0 Å². The first-order valence-corrected chi connectivity index (χ1v) is 8.40. The number of nitrogens with zero attached hydrogens (tertiary/aromatic N) is 5. The number of carbonyl (C=O) groups excluding carboxylic acids is 1. The van der Waals surface area contributed by atoms with Crippen molar-refractivity contribution < 1.29 is 14.3 Å². The average molecular weight is 355 g/mol. The van der Waals surface area contributed by atoms with E-state index in [2.05, 4.69) is 15.1 Å². The Morgan fingerprint density at radius 3 is 2.77 bits per heavy atom. The molecule has 136 valence electrons. The summed E-state index contributed by atoms with van der Waals surface area (Å²) < 4.78 is 7.13. The van der Waals surface area contributed by atoms with Gasteiger partial charge in [0, 0.05) is 19.3 Å². The van der Waals surface area contributed by atoms with Crippen molar-refractivity contribution in [2.45, 2.75) is 20.8 Å². The van der Waals surface area contributed by atoms with Gasteiger partial charge in [0.05, 0.1) is 24.1 Å². The summed E-state index contributed by atoms with van der Waals surface area (Å²) in [6.45, 7) is 6.23. The predicted molar refractivity (Wildman–Crippen MR) is 95.0 cm³/mol. The van der Waals surface area contributed by atoms with Crippen molar-refractivity contribution in [2.75, 3.05) is 19.7 Å². The van der Waals surface area contributed by atoms with Gasteiger partial charge < -0.3 is 14.4 Å². The summed E-state index contributed by atoms with van der Waals surface area (Å²) in [4.78, 5) is 22.9. The SMILES string of the molecule is CCN(CCO)C(=O)c1cnn(-c2nccc(-c3ccc(C)o3)n2)c1C. The van der Waals surface area contributed by atoms with Crippen LogP contribution in [0.25, 0.3) is 17.4 Å². The second-order valence-corrected chi connectivity index (χ2v) is 5.82. The number of aliphatic hydroxyl groups excluding tert-OH is 1. The van der Waals surface area contributed by atoms with E-state index in [-0.39, 0.29) is 19.1 Å². The maximum Gasteiger partial charge on any atom is 0.257 e. The summed E-state index contributed by atoms with van der Waals surface area (Å²) in [7, 11) is 0. The lowest BCUT2D eigenvalue weighted by Gasteiger charge is -2.19. The van der Waals surface area contributed by atoms with Crippen molar-refractivity contribution >= 4 is 5.91 Å². The largest absolute Gasteiger partial charge is 0.460 e. The minimum Gasteiger partial charge on any atom is -0.460 e. The van der Waals surface area contributed by atoms with Gasteiger partial charge in [-0.2, -0.15) is 5.10 Å². The van der Waals surface area contributed by atoms with Crippen molar-refractivity contribution in [1.29, 1.82) is 0 Å². The van der Waals surface area contributed by atoms with Gasteiger partial charge in [0.15, 0.2) is 5.76 Å². The normalized spacial score (nSPS) is 10.9. The lowest BCUT2D eigenvalue weighted by Crippen LogP contribution is -2.33. The molecule has 3 aromatic heterocycles. The van der Waals surface area contributed by atoms with Crippen LogP contribution in [0.2, 0.25) is 0 Å². The van der Waals surface area contributed by atoms with Crippen molar-refractivity contribution in [1.82, 2.24) is 24.6 Å². The Labute approximate surface area is 151 Å². The maximum absolute atomic E-state index is 12.6. The van der Waals surface area contributed by atoms with Gasteiger partial charge in [-0.25, -0.2) is 14.6 Å². The fourth-order valence-corrected chi connectivity index (χ4v) is 2.68. The molecule has 0 atom stereocenters. The lowest BCUT2D eigenvalue weighted by molar-refractivity contribution is 0.0731. The molecular formula is C18H21N5O3. The van der Waals surface area contributed by atoms with E-state index in [1.165, 1.54) is 10.9 Å². The highest BCUT2D eigenvalue weighted by molar-refractivity contribution is 5.95. The highest BCUT2D eigenvalue weighted by atomic mass is 16.3. The Bertz CT molecular complexity index is 915. The monoisotopic (exact) mass is 355 g/mol. The molecule has 0 aromatic carbocycles. The molecule has 0 spiro atoms. The van der Waals surface area contributed by atoms with Crippen LogP contribution in [0.4, 0.5) is 0 Å². The van der Waals surface area contributed by atoms with Crippen LogP contribution in [0.5, 0.6) is 0 Å². The van der Waals surface area contributed by atoms with Crippen LogP contribution in [0.3, 0.4) is 0 Å². The number of aromatic nitrogens is 4. The number of likely N-dealkylation sites (N-methyl/N-ethyl adjacent to an activating group) is 1. The molecule has 0 fully saturated rings. The van der Waals surface area contributed by atoms with Crippen molar-refractivity contribution in [3.05, 3.63) is 47.6 Å². The third-order valence-corrected chi connectivity index (χ3v) is 4.10. The van der Waals surface area contributed by atoms with Gasteiger partial charge in [-0.1, -0.05) is 0 Å². The second-order valence-electron chi connectivity index (χ2n) is 5.82. The van der Waals surface area contributed by atoms with E-state index < -0.39 is 0 Å². The van der Waals surface area contributed by atoms with Crippen LogP contribution >= 0.6 is 0 Å². The Balaban J connectivity index is 1.94. The molecule has 8 nitrogen and oxygen atoms in total. The van der Waals surface area contributed by atoms with E-state index in [1.807, 2.05) is 26.0 Å². The molecule has 3 heterocycles. The second kappa shape index (κ2) is 7.49.